The maximum Gasteiger partial charge on any atom is 0.328 e. The van der Waals surface area contributed by atoms with Crippen LogP contribution >= 0.6 is 11.8 Å². The van der Waals surface area contributed by atoms with E-state index in [1.54, 1.807) is 23.9 Å². The van der Waals surface area contributed by atoms with Crippen molar-refractivity contribution < 1.29 is 28.6 Å². The summed E-state index contributed by atoms with van der Waals surface area (Å²) in [6, 6.07) is 9.76. The summed E-state index contributed by atoms with van der Waals surface area (Å²) in [5.74, 6) is -2.27. The minimum Gasteiger partial charge on any atom is -0.478 e. The molecule has 0 radical (unpaired) electrons. The van der Waals surface area contributed by atoms with Crippen LogP contribution < -0.4 is 0 Å². The topological polar surface area (TPSA) is 77.8 Å². The van der Waals surface area contributed by atoms with E-state index in [0.717, 1.165) is 45.9 Å². The van der Waals surface area contributed by atoms with E-state index in [9.17, 15) is 18.4 Å². The minimum atomic E-state index is -1.26. The molecule has 2 aromatic rings. The fraction of sp³-hybridized carbons (Fsp3) is 0.217. The molecular formula is C23H23F2NO4S. The van der Waals surface area contributed by atoms with Crippen LogP contribution in [0.2, 0.25) is 0 Å². The summed E-state index contributed by atoms with van der Waals surface area (Å²) in [4.78, 5) is 22.2. The van der Waals surface area contributed by atoms with Gasteiger partial charge in [-0.3, -0.25) is 0 Å². The van der Waals surface area contributed by atoms with Gasteiger partial charge in [-0.2, -0.15) is 0 Å². The van der Waals surface area contributed by atoms with Crippen LogP contribution in [0.5, 0.6) is 0 Å². The van der Waals surface area contributed by atoms with Gasteiger partial charge in [-0.15, -0.1) is 11.8 Å². The molecule has 0 aliphatic carbocycles. The van der Waals surface area contributed by atoms with Gasteiger partial charge in [0, 0.05) is 29.3 Å². The van der Waals surface area contributed by atoms with Crippen LogP contribution in [0.25, 0.3) is 5.57 Å². The van der Waals surface area contributed by atoms with Gasteiger partial charge in [-0.05, 0) is 73.1 Å². The number of halogens is 2. The highest BCUT2D eigenvalue weighted by Crippen LogP contribution is 2.40. The number of hydrogen-bond acceptors (Lipinski definition) is 4. The van der Waals surface area contributed by atoms with Crippen molar-refractivity contribution in [3.05, 3.63) is 83.0 Å². The first kappa shape index (κ1) is 24.3. The van der Waals surface area contributed by atoms with Crippen LogP contribution in [0.3, 0.4) is 0 Å². The van der Waals surface area contributed by atoms with E-state index in [1.165, 1.54) is 12.1 Å². The fourth-order valence-corrected chi connectivity index (χ4v) is 3.95. The molecule has 0 amide bonds. The number of fused-ring (bicyclic) bond motifs is 2. The molecule has 0 fully saturated rings. The number of carboxylic acids is 2. The summed E-state index contributed by atoms with van der Waals surface area (Å²) in [5, 5.41) is 15.6. The number of nitrogens with zero attached hydrogens (tertiary/aromatic N) is 1. The molecule has 164 valence electrons. The summed E-state index contributed by atoms with van der Waals surface area (Å²) < 4.78 is 27.6. The average Bonchev–Trinajstić information content (AvgIpc) is 2.83. The molecule has 0 unspecified atom stereocenters. The molecule has 2 N–H and O–H groups in total. The Labute approximate surface area is 183 Å². The van der Waals surface area contributed by atoms with Crippen LogP contribution in [0.4, 0.5) is 8.78 Å². The Bertz CT molecular complexity index is 947. The highest BCUT2D eigenvalue weighted by atomic mass is 32.2. The standard InChI is InChI=1S/C19H19F2NS.C4H4O4/c1-22(2)9-3-4-16-17-10-14(20)6-5-13(17)12-23-19-8-7-15(21)11-18(16)19;5-3(6)1-2-4(7)8/h4-8,10-11H,3,9,12H2,1-2H3;1-2H,(H,5,6)(H,7,8)/b16-4+;2-1-. The molecule has 0 saturated carbocycles. The van der Waals surface area contributed by atoms with Crippen LogP contribution in [-0.2, 0) is 15.3 Å². The van der Waals surface area contributed by atoms with Crippen molar-refractivity contribution in [2.45, 2.75) is 17.1 Å². The van der Waals surface area contributed by atoms with Crippen LogP contribution in [0.1, 0.15) is 23.1 Å². The number of benzene rings is 2. The Kier molecular flexibility index (Phi) is 8.96. The lowest BCUT2D eigenvalue weighted by molar-refractivity contribution is -0.134. The molecule has 0 aromatic heterocycles. The predicted molar refractivity (Wildman–Crippen MR) is 117 cm³/mol. The van der Waals surface area contributed by atoms with E-state index >= 15 is 0 Å². The van der Waals surface area contributed by atoms with Crippen LogP contribution in [-0.4, -0.2) is 47.7 Å². The SMILES string of the molecule is CN(C)CC/C=C1\c2cc(F)ccc2CSc2ccc(F)cc21.O=C(O)/C=C\C(=O)O. The lowest BCUT2D eigenvalue weighted by Crippen LogP contribution is -2.12. The zero-order chi connectivity index (χ0) is 23.0. The Hall–Kier alpha value is -2.97. The fourth-order valence-electron chi connectivity index (χ4n) is 2.89. The largest absolute Gasteiger partial charge is 0.478 e. The average molecular weight is 448 g/mol. The summed E-state index contributed by atoms with van der Waals surface area (Å²) in [6.45, 7) is 0.895. The number of carbonyl (C=O) groups is 2. The normalized spacial score (nSPS) is 13.9. The Balaban J connectivity index is 0.000000366. The van der Waals surface area contributed by atoms with E-state index in [-0.39, 0.29) is 11.6 Å². The van der Waals surface area contributed by atoms with Crippen molar-refractivity contribution in [3.63, 3.8) is 0 Å². The summed E-state index contributed by atoms with van der Waals surface area (Å²) in [5.41, 5.74) is 3.75. The first-order chi connectivity index (χ1) is 14.7. The van der Waals surface area contributed by atoms with Crippen LogP contribution in [0.15, 0.2) is 59.5 Å². The first-order valence-corrected chi connectivity index (χ1v) is 10.4. The highest BCUT2D eigenvalue weighted by molar-refractivity contribution is 7.98. The van der Waals surface area contributed by atoms with Gasteiger partial charge in [0.25, 0.3) is 0 Å². The third-order valence-electron chi connectivity index (χ3n) is 4.27. The van der Waals surface area contributed by atoms with Crippen molar-refractivity contribution in [1.82, 2.24) is 4.90 Å². The van der Waals surface area contributed by atoms with Crippen molar-refractivity contribution >= 4 is 29.3 Å². The maximum absolute atomic E-state index is 13.8. The highest BCUT2D eigenvalue weighted by Gasteiger charge is 2.19. The van der Waals surface area contributed by atoms with Gasteiger partial charge in [-0.25, -0.2) is 18.4 Å². The lowest BCUT2D eigenvalue weighted by Gasteiger charge is -2.13. The first-order valence-electron chi connectivity index (χ1n) is 9.37. The molecule has 1 aliphatic heterocycles. The molecule has 1 heterocycles. The second-order valence-electron chi connectivity index (χ2n) is 6.95. The van der Waals surface area contributed by atoms with E-state index in [0.29, 0.717) is 12.2 Å². The number of carboxylic acid groups (broad SMARTS) is 2. The second-order valence-corrected chi connectivity index (χ2v) is 7.97. The van der Waals surface area contributed by atoms with Gasteiger partial charge in [0.05, 0.1) is 0 Å². The van der Waals surface area contributed by atoms with Gasteiger partial charge in [0.2, 0.25) is 0 Å². The monoisotopic (exact) mass is 447 g/mol. The van der Waals surface area contributed by atoms with E-state index in [2.05, 4.69) is 11.0 Å². The zero-order valence-corrected chi connectivity index (χ0v) is 18.0. The van der Waals surface area contributed by atoms with Crippen molar-refractivity contribution in [2.75, 3.05) is 20.6 Å². The number of rotatable bonds is 5. The zero-order valence-electron chi connectivity index (χ0n) is 17.1. The smallest absolute Gasteiger partial charge is 0.328 e. The molecule has 31 heavy (non-hydrogen) atoms. The Morgan fingerprint density at radius 3 is 2.16 bits per heavy atom. The predicted octanol–water partition coefficient (Wildman–Crippen LogP) is 4.67. The molecule has 8 heteroatoms. The molecular weight excluding hydrogens is 424 g/mol. The molecule has 0 bridgehead atoms. The van der Waals surface area contributed by atoms with Gasteiger partial charge in [0.15, 0.2) is 0 Å². The van der Waals surface area contributed by atoms with Crippen molar-refractivity contribution in [3.8, 4) is 0 Å². The number of aliphatic carboxylic acids is 2. The van der Waals surface area contributed by atoms with Gasteiger partial charge >= 0.3 is 11.9 Å². The van der Waals surface area contributed by atoms with Crippen LogP contribution in [0, 0.1) is 11.6 Å². The van der Waals surface area contributed by atoms with Gasteiger partial charge < -0.3 is 15.1 Å². The van der Waals surface area contributed by atoms with E-state index < -0.39 is 11.9 Å². The third kappa shape index (κ3) is 7.66. The summed E-state index contributed by atoms with van der Waals surface area (Å²) >= 11 is 1.67. The quantitative estimate of drug-likeness (QED) is 0.649. The second kappa shape index (κ2) is 11.4. The number of thioether (sulfide) groups is 1. The molecule has 3 rings (SSSR count). The Morgan fingerprint density at radius 2 is 1.58 bits per heavy atom. The van der Waals surface area contributed by atoms with E-state index in [1.807, 2.05) is 26.2 Å². The van der Waals surface area contributed by atoms with Gasteiger partial charge in [0.1, 0.15) is 11.6 Å². The summed E-state index contributed by atoms with van der Waals surface area (Å²) in [6.07, 6.45) is 4.05. The Morgan fingerprint density at radius 1 is 1.00 bits per heavy atom. The van der Waals surface area contributed by atoms with Gasteiger partial charge in [-0.1, -0.05) is 12.1 Å². The minimum absolute atomic E-state index is 0.257. The third-order valence-corrected chi connectivity index (χ3v) is 5.39. The maximum atomic E-state index is 13.8. The molecule has 5 nitrogen and oxygen atoms in total. The van der Waals surface area contributed by atoms with E-state index in [4.69, 9.17) is 10.2 Å². The molecule has 0 saturated heterocycles. The lowest BCUT2D eigenvalue weighted by atomic mass is 9.93. The molecule has 0 spiro atoms. The van der Waals surface area contributed by atoms with Crippen molar-refractivity contribution in [1.29, 1.82) is 0 Å². The molecule has 0 atom stereocenters. The summed E-state index contributed by atoms with van der Waals surface area (Å²) in [7, 11) is 4.03. The number of hydrogen-bond donors (Lipinski definition) is 2. The molecule has 1 aliphatic rings. The molecule has 2 aromatic carbocycles. The van der Waals surface area contributed by atoms with Crippen molar-refractivity contribution in [2.24, 2.45) is 0 Å².